The van der Waals surface area contributed by atoms with Crippen molar-refractivity contribution in [3.8, 4) is 11.5 Å². The third-order valence-electron chi connectivity index (χ3n) is 6.05. The molecule has 2 N–H and O–H groups in total. The van der Waals surface area contributed by atoms with Crippen molar-refractivity contribution in [1.82, 2.24) is 15.1 Å². The summed E-state index contributed by atoms with van der Waals surface area (Å²) in [6, 6.07) is 12.0. The van der Waals surface area contributed by atoms with Gasteiger partial charge in [0.25, 0.3) is 5.91 Å². The van der Waals surface area contributed by atoms with E-state index in [-0.39, 0.29) is 11.8 Å². The number of fused-ring (bicyclic) bond motifs is 1. The van der Waals surface area contributed by atoms with E-state index in [9.17, 15) is 9.59 Å². The van der Waals surface area contributed by atoms with Crippen LogP contribution in [0.15, 0.2) is 42.5 Å². The van der Waals surface area contributed by atoms with Crippen molar-refractivity contribution in [3.63, 3.8) is 0 Å². The number of aryl methyl sites for hydroxylation is 3. The smallest absolute Gasteiger partial charge is 0.251 e. The molecule has 0 fully saturated rings. The van der Waals surface area contributed by atoms with Crippen LogP contribution in [0.25, 0.3) is 0 Å². The summed E-state index contributed by atoms with van der Waals surface area (Å²) < 4.78 is 13.1. The summed E-state index contributed by atoms with van der Waals surface area (Å²) in [6.45, 7) is 6.43. The first-order valence-electron chi connectivity index (χ1n) is 11.4. The molecule has 0 radical (unpaired) electrons. The Bertz CT molecular complexity index is 1220. The summed E-state index contributed by atoms with van der Waals surface area (Å²) >= 11 is 0. The normalized spacial score (nSPS) is 17.0. The number of hydrogen-bond donors (Lipinski definition) is 2. The second-order valence-corrected chi connectivity index (χ2v) is 8.51. The molecule has 8 nitrogen and oxygen atoms in total. The lowest BCUT2D eigenvalue weighted by atomic mass is 9.81. The highest BCUT2D eigenvalue weighted by Gasteiger charge is 2.41. The number of carbonyl (C=O) groups excluding carboxylic acids is 2. The van der Waals surface area contributed by atoms with Crippen LogP contribution in [-0.2, 0) is 11.8 Å². The molecule has 178 valence electrons. The van der Waals surface area contributed by atoms with Gasteiger partial charge in [0.05, 0.1) is 19.4 Å². The summed E-state index contributed by atoms with van der Waals surface area (Å²) in [7, 11) is 3.38. The van der Waals surface area contributed by atoms with Gasteiger partial charge in [-0.25, -0.2) is 0 Å². The average molecular weight is 463 g/mol. The van der Waals surface area contributed by atoms with Gasteiger partial charge in [-0.05, 0) is 50.1 Å². The molecule has 34 heavy (non-hydrogen) atoms. The van der Waals surface area contributed by atoms with Crippen LogP contribution < -0.4 is 20.1 Å². The minimum absolute atomic E-state index is 0.298. The van der Waals surface area contributed by atoms with E-state index in [0.717, 1.165) is 28.8 Å². The number of hydrogen-bond acceptors (Lipinski definition) is 5. The number of rotatable bonds is 7. The minimum atomic E-state index is -0.836. The molecule has 0 saturated carbocycles. The lowest BCUT2D eigenvalue weighted by molar-refractivity contribution is -0.118. The fourth-order valence-electron chi connectivity index (χ4n) is 4.36. The highest BCUT2D eigenvalue weighted by Crippen LogP contribution is 2.41. The predicted octanol–water partition coefficient (Wildman–Crippen LogP) is 3.72. The summed E-state index contributed by atoms with van der Waals surface area (Å²) in [4.78, 5) is 26.4. The molecule has 0 spiro atoms. The second-order valence-electron chi connectivity index (χ2n) is 8.51. The Hall–Kier alpha value is -3.81. The monoisotopic (exact) mass is 462 g/mol. The van der Waals surface area contributed by atoms with Gasteiger partial charge in [-0.1, -0.05) is 30.7 Å². The van der Waals surface area contributed by atoms with Gasteiger partial charge in [0, 0.05) is 24.1 Å². The zero-order chi connectivity index (χ0) is 24.4. The van der Waals surface area contributed by atoms with Crippen molar-refractivity contribution in [3.05, 3.63) is 70.4 Å². The molecule has 1 aromatic heterocycles. The standard InChI is InChI=1S/C26H30N4O4/c1-6-13-34-20-14-18(11-12-19(20)33-5)22-21-16(3)29-30(4)24(21)28-26(32)23(22)27-25(31)17-9-7-15(2)8-10-17/h7-12,14,22-23H,6,13H2,1-5H3,(H,27,31)(H,28,32)/t22-,23-/m0/s1. The minimum Gasteiger partial charge on any atom is -0.493 e. The van der Waals surface area contributed by atoms with Crippen LogP contribution in [0.1, 0.15) is 52.0 Å². The summed E-state index contributed by atoms with van der Waals surface area (Å²) in [6.07, 6.45) is 0.848. The summed E-state index contributed by atoms with van der Waals surface area (Å²) in [5, 5.41) is 10.4. The van der Waals surface area contributed by atoms with Gasteiger partial charge >= 0.3 is 0 Å². The molecule has 2 aromatic carbocycles. The van der Waals surface area contributed by atoms with E-state index in [4.69, 9.17) is 9.47 Å². The van der Waals surface area contributed by atoms with Crippen LogP contribution in [0, 0.1) is 13.8 Å². The molecule has 2 atom stereocenters. The molecule has 2 heterocycles. The number of anilines is 1. The Labute approximate surface area is 199 Å². The molecule has 1 aliphatic heterocycles. The summed E-state index contributed by atoms with van der Waals surface area (Å²) in [5.41, 5.74) is 4.02. The number of carbonyl (C=O) groups is 2. The Balaban J connectivity index is 1.79. The molecule has 0 unspecified atom stereocenters. The van der Waals surface area contributed by atoms with Crippen molar-refractivity contribution in [1.29, 1.82) is 0 Å². The maximum atomic E-state index is 13.3. The first kappa shape index (κ1) is 23.4. The van der Waals surface area contributed by atoms with Crippen molar-refractivity contribution in [2.45, 2.75) is 39.2 Å². The van der Waals surface area contributed by atoms with Crippen molar-refractivity contribution in [2.75, 3.05) is 19.0 Å². The highest BCUT2D eigenvalue weighted by molar-refractivity contribution is 6.03. The molecule has 8 heteroatoms. The van der Waals surface area contributed by atoms with E-state index in [0.29, 0.717) is 29.5 Å². The number of nitrogens with zero attached hydrogens (tertiary/aromatic N) is 2. The summed E-state index contributed by atoms with van der Waals surface area (Å²) in [5.74, 6) is 0.765. The average Bonchev–Trinajstić information content (AvgIpc) is 3.10. The van der Waals surface area contributed by atoms with Gasteiger partial charge in [0.1, 0.15) is 11.9 Å². The number of benzene rings is 2. The molecule has 0 bridgehead atoms. The predicted molar refractivity (Wildman–Crippen MR) is 130 cm³/mol. The molecule has 1 aliphatic rings. The molecule has 3 aromatic rings. The largest absolute Gasteiger partial charge is 0.493 e. The van der Waals surface area contributed by atoms with Crippen LogP contribution >= 0.6 is 0 Å². The number of nitrogens with one attached hydrogen (secondary N) is 2. The molecule has 0 saturated heterocycles. The van der Waals surface area contributed by atoms with E-state index in [1.165, 1.54) is 0 Å². The molecular formula is C26H30N4O4. The van der Waals surface area contributed by atoms with Gasteiger partial charge in [-0.3, -0.25) is 14.3 Å². The van der Waals surface area contributed by atoms with Gasteiger partial charge in [0.15, 0.2) is 11.5 Å². The van der Waals surface area contributed by atoms with Crippen LogP contribution in [-0.4, -0.2) is 41.4 Å². The van der Waals surface area contributed by atoms with E-state index in [1.54, 1.807) is 31.0 Å². The van der Waals surface area contributed by atoms with Crippen LogP contribution in [0.3, 0.4) is 0 Å². The van der Waals surface area contributed by atoms with Gasteiger partial charge in [0.2, 0.25) is 5.91 Å². The Morgan fingerprint density at radius 1 is 1.15 bits per heavy atom. The first-order valence-corrected chi connectivity index (χ1v) is 11.4. The number of aromatic nitrogens is 2. The third kappa shape index (κ3) is 4.35. The first-order chi connectivity index (χ1) is 16.3. The maximum absolute atomic E-state index is 13.3. The molecule has 0 aliphatic carbocycles. The SMILES string of the molecule is CCCOc1cc([C@H]2c3c(C)nn(C)c3NC(=O)[C@H]2NC(=O)c2ccc(C)cc2)ccc1OC. The van der Waals surface area contributed by atoms with E-state index < -0.39 is 12.0 Å². The fraction of sp³-hybridized carbons (Fsp3) is 0.346. The highest BCUT2D eigenvalue weighted by atomic mass is 16.5. The van der Waals surface area contributed by atoms with Gasteiger partial charge < -0.3 is 20.1 Å². The zero-order valence-electron chi connectivity index (χ0n) is 20.1. The van der Waals surface area contributed by atoms with Crippen molar-refractivity contribution < 1.29 is 19.1 Å². The third-order valence-corrected chi connectivity index (χ3v) is 6.05. The Kier molecular flexibility index (Phi) is 6.58. The van der Waals surface area contributed by atoms with E-state index in [2.05, 4.69) is 15.7 Å². The Morgan fingerprint density at radius 2 is 1.88 bits per heavy atom. The lowest BCUT2D eigenvalue weighted by Gasteiger charge is -2.33. The quantitative estimate of drug-likeness (QED) is 0.558. The van der Waals surface area contributed by atoms with Crippen LogP contribution in [0.4, 0.5) is 5.82 Å². The topological polar surface area (TPSA) is 94.5 Å². The molecule has 4 rings (SSSR count). The molecule has 2 amide bonds. The Morgan fingerprint density at radius 3 is 2.56 bits per heavy atom. The number of methoxy groups -OCH3 is 1. The zero-order valence-corrected chi connectivity index (χ0v) is 20.1. The fourth-order valence-corrected chi connectivity index (χ4v) is 4.36. The molecular weight excluding hydrogens is 432 g/mol. The number of amides is 2. The van der Waals surface area contributed by atoms with E-state index in [1.807, 2.05) is 51.1 Å². The lowest BCUT2D eigenvalue weighted by Crippen LogP contribution is -2.50. The van der Waals surface area contributed by atoms with Crippen molar-refractivity contribution in [2.24, 2.45) is 7.05 Å². The van der Waals surface area contributed by atoms with Gasteiger partial charge in [-0.15, -0.1) is 0 Å². The van der Waals surface area contributed by atoms with Gasteiger partial charge in [-0.2, -0.15) is 5.10 Å². The maximum Gasteiger partial charge on any atom is 0.251 e. The van der Waals surface area contributed by atoms with Crippen LogP contribution in [0.5, 0.6) is 11.5 Å². The van der Waals surface area contributed by atoms with E-state index >= 15 is 0 Å². The second kappa shape index (κ2) is 9.59. The number of ether oxygens (including phenoxy) is 2. The van der Waals surface area contributed by atoms with Crippen LogP contribution in [0.2, 0.25) is 0 Å². The van der Waals surface area contributed by atoms with Crippen molar-refractivity contribution >= 4 is 17.6 Å².